The first kappa shape index (κ1) is 19.7. The minimum atomic E-state index is -0.385. The van der Waals surface area contributed by atoms with Gasteiger partial charge in [0, 0.05) is 26.2 Å². The smallest absolute Gasteiger partial charge is 0.328 e. The predicted molar refractivity (Wildman–Crippen MR) is 112 cm³/mol. The zero-order valence-corrected chi connectivity index (χ0v) is 17.5. The van der Waals surface area contributed by atoms with Gasteiger partial charge >= 0.3 is 5.69 Å². The van der Waals surface area contributed by atoms with Crippen LogP contribution in [-0.4, -0.2) is 38.9 Å². The van der Waals surface area contributed by atoms with Crippen LogP contribution in [-0.2, 0) is 27.2 Å². The Bertz CT molecular complexity index is 1310. The first-order valence-corrected chi connectivity index (χ1v) is 9.86. The fourth-order valence-electron chi connectivity index (χ4n) is 3.43. The highest BCUT2D eigenvalue weighted by atomic mass is 16.2. The lowest BCUT2D eigenvalue weighted by Crippen LogP contribution is -2.39. The van der Waals surface area contributed by atoms with E-state index in [2.05, 4.69) is 46.4 Å². The molecule has 10 nitrogen and oxygen atoms in total. The highest BCUT2D eigenvalue weighted by molar-refractivity contribution is 5.69. The third-order valence-corrected chi connectivity index (χ3v) is 5.23. The molecule has 0 aliphatic carbocycles. The highest BCUT2D eigenvalue weighted by Gasteiger charge is 2.15. The summed E-state index contributed by atoms with van der Waals surface area (Å²) in [5.41, 5.74) is 2.22. The molecule has 10 heteroatoms. The Balaban J connectivity index is 1.49. The third-order valence-electron chi connectivity index (χ3n) is 5.23. The Labute approximate surface area is 172 Å². The molecular formula is C20H24N8O2. The Morgan fingerprint density at radius 2 is 1.77 bits per heavy atom. The molecule has 1 aromatic carbocycles. The number of hydrogen-bond donors (Lipinski definition) is 0. The summed E-state index contributed by atoms with van der Waals surface area (Å²) < 4.78 is 4.25. The molecule has 3 aromatic heterocycles. The lowest BCUT2D eigenvalue weighted by Gasteiger charge is -2.08. The van der Waals surface area contributed by atoms with Crippen LogP contribution in [0.3, 0.4) is 0 Å². The Morgan fingerprint density at radius 3 is 2.47 bits per heavy atom. The van der Waals surface area contributed by atoms with Gasteiger partial charge in [-0.05, 0) is 23.1 Å². The minimum absolute atomic E-state index is 0.257. The standard InChI is InChI=1S/C20H24N8O2/c1-13(2)14-6-8-15(9-7-14)17-22-24-28(23-17)11-5-10-27-19(29)16-18(21-12-25(16)3)26(4)20(27)30/h6-9,12-13H,5,10-11H2,1-4H3. The molecule has 0 saturated carbocycles. The second-order valence-electron chi connectivity index (χ2n) is 7.67. The van der Waals surface area contributed by atoms with Crippen LogP contribution in [0.15, 0.2) is 40.2 Å². The summed E-state index contributed by atoms with van der Waals surface area (Å²) in [6, 6.07) is 8.11. The molecule has 0 bridgehead atoms. The van der Waals surface area contributed by atoms with E-state index in [-0.39, 0.29) is 17.8 Å². The molecule has 0 atom stereocenters. The normalized spacial score (nSPS) is 11.6. The van der Waals surface area contributed by atoms with Crippen LogP contribution in [0.1, 0.15) is 31.7 Å². The Kier molecular flexibility index (Phi) is 5.06. The van der Waals surface area contributed by atoms with Crippen molar-refractivity contribution in [1.29, 1.82) is 0 Å². The summed E-state index contributed by atoms with van der Waals surface area (Å²) in [6.45, 7) is 4.99. The Hall–Kier alpha value is -3.56. The fraction of sp³-hybridized carbons (Fsp3) is 0.400. The van der Waals surface area contributed by atoms with E-state index in [1.54, 1.807) is 18.7 Å². The summed E-state index contributed by atoms with van der Waals surface area (Å²) in [4.78, 5) is 30.9. The van der Waals surface area contributed by atoms with Crippen LogP contribution in [0.25, 0.3) is 22.6 Å². The molecule has 0 N–H and O–H groups in total. The van der Waals surface area contributed by atoms with Gasteiger partial charge in [-0.1, -0.05) is 38.1 Å². The van der Waals surface area contributed by atoms with E-state index >= 15 is 0 Å². The summed E-state index contributed by atoms with van der Waals surface area (Å²) in [5, 5.41) is 12.6. The topological polar surface area (TPSA) is 105 Å². The SMILES string of the molecule is CC(C)c1ccc(-c2nnn(CCCn3c(=O)c4c(ncn4C)n(C)c3=O)n2)cc1. The van der Waals surface area contributed by atoms with Gasteiger partial charge < -0.3 is 4.57 Å². The van der Waals surface area contributed by atoms with Gasteiger partial charge in [0.25, 0.3) is 5.56 Å². The maximum Gasteiger partial charge on any atom is 0.332 e. The number of aryl methyl sites for hydroxylation is 3. The average molecular weight is 408 g/mol. The number of fused-ring (bicyclic) bond motifs is 1. The fourth-order valence-corrected chi connectivity index (χ4v) is 3.43. The summed E-state index contributed by atoms with van der Waals surface area (Å²) in [5.74, 6) is 1.01. The first-order chi connectivity index (χ1) is 14.4. The molecule has 3 heterocycles. The van der Waals surface area contributed by atoms with E-state index < -0.39 is 0 Å². The van der Waals surface area contributed by atoms with Crippen LogP contribution in [0.2, 0.25) is 0 Å². The quantitative estimate of drug-likeness (QED) is 0.476. The molecule has 4 aromatic rings. The van der Waals surface area contributed by atoms with E-state index in [0.717, 1.165) is 5.56 Å². The lowest BCUT2D eigenvalue weighted by molar-refractivity contribution is 0.457. The number of nitrogens with zero attached hydrogens (tertiary/aromatic N) is 8. The van der Waals surface area contributed by atoms with Crippen molar-refractivity contribution < 1.29 is 0 Å². The van der Waals surface area contributed by atoms with Gasteiger partial charge in [-0.25, -0.2) is 9.78 Å². The molecule has 0 spiro atoms. The maximum absolute atomic E-state index is 12.7. The predicted octanol–water partition coefficient (Wildman–Crippen LogP) is 1.30. The third kappa shape index (κ3) is 3.44. The van der Waals surface area contributed by atoms with Crippen molar-refractivity contribution >= 4 is 11.2 Å². The van der Waals surface area contributed by atoms with Crippen LogP contribution in [0.4, 0.5) is 0 Å². The van der Waals surface area contributed by atoms with Gasteiger partial charge in [0.15, 0.2) is 11.2 Å². The van der Waals surface area contributed by atoms with E-state index in [9.17, 15) is 9.59 Å². The number of imidazole rings is 1. The number of rotatable bonds is 6. The molecule has 30 heavy (non-hydrogen) atoms. The van der Waals surface area contributed by atoms with Gasteiger partial charge in [-0.3, -0.25) is 13.9 Å². The maximum atomic E-state index is 12.7. The first-order valence-electron chi connectivity index (χ1n) is 9.86. The lowest BCUT2D eigenvalue weighted by atomic mass is 10.0. The van der Waals surface area contributed by atoms with Crippen molar-refractivity contribution in [2.75, 3.05) is 0 Å². The number of hydrogen-bond acceptors (Lipinski definition) is 6. The minimum Gasteiger partial charge on any atom is -0.328 e. The molecule has 0 amide bonds. The number of benzene rings is 1. The summed E-state index contributed by atoms with van der Waals surface area (Å²) in [7, 11) is 3.35. The van der Waals surface area contributed by atoms with Crippen molar-refractivity contribution in [1.82, 2.24) is 38.9 Å². The van der Waals surface area contributed by atoms with Gasteiger partial charge in [-0.15, -0.1) is 10.2 Å². The van der Waals surface area contributed by atoms with Crippen LogP contribution in [0, 0.1) is 0 Å². The van der Waals surface area contributed by atoms with Crippen molar-refractivity contribution in [2.45, 2.75) is 39.3 Å². The van der Waals surface area contributed by atoms with Gasteiger partial charge in [-0.2, -0.15) is 4.80 Å². The molecule has 156 valence electrons. The van der Waals surface area contributed by atoms with Crippen LogP contribution >= 0.6 is 0 Å². The molecule has 0 fully saturated rings. The number of aromatic nitrogens is 8. The molecule has 0 radical (unpaired) electrons. The molecule has 0 aliphatic rings. The number of tetrazole rings is 1. The molecule has 4 rings (SSSR count). The van der Waals surface area contributed by atoms with E-state index in [1.807, 2.05) is 12.1 Å². The van der Waals surface area contributed by atoms with Gasteiger partial charge in [0.2, 0.25) is 5.82 Å². The van der Waals surface area contributed by atoms with Crippen LogP contribution in [0.5, 0.6) is 0 Å². The largest absolute Gasteiger partial charge is 0.332 e. The molecular weight excluding hydrogens is 384 g/mol. The summed E-state index contributed by atoms with van der Waals surface area (Å²) in [6.07, 6.45) is 2.05. The zero-order chi connectivity index (χ0) is 21.4. The monoisotopic (exact) mass is 408 g/mol. The second-order valence-corrected chi connectivity index (χ2v) is 7.67. The van der Waals surface area contributed by atoms with Gasteiger partial charge in [0.05, 0.1) is 12.9 Å². The van der Waals surface area contributed by atoms with E-state index in [4.69, 9.17) is 0 Å². The highest BCUT2D eigenvalue weighted by Crippen LogP contribution is 2.19. The van der Waals surface area contributed by atoms with Gasteiger partial charge in [0.1, 0.15) is 0 Å². The van der Waals surface area contributed by atoms with Crippen molar-refractivity contribution in [3.63, 3.8) is 0 Å². The second kappa shape index (κ2) is 7.69. The van der Waals surface area contributed by atoms with Crippen molar-refractivity contribution in [3.05, 3.63) is 57.0 Å². The average Bonchev–Trinajstić information content (AvgIpc) is 3.36. The van der Waals surface area contributed by atoms with E-state index in [0.29, 0.717) is 35.9 Å². The van der Waals surface area contributed by atoms with Crippen LogP contribution < -0.4 is 11.2 Å². The van der Waals surface area contributed by atoms with E-state index in [1.165, 1.54) is 25.8 Å². The van der Waals surface area contributed by atoms with Crippen molar-refractivity contribution in [3.8, 4) is 11.4 Å². The molecule has 0 unspecified atom stereocenters. The molecule has 0 aliphatic heterocycles. The summed E-state index contributed by atoms with van der Waals surface area (Å²) >= 11 is 0. The van der Waals surface area contributed by atoms with Crippen molar-refractivity contribution in [2.24, 2.45) is 14.1 Å². The molecule has 0 saturated heterocycles. The zero-order valence-electron chi connectivity index (χ0n) is 17.5. The Morgan fingerprint density at radius 1 is 1.03 bits per heavy atom.